The molecule has 0 aliphatic carbocycles. The lowest BCUT2D eigenvalue weighted by Crippen LogP contribution is -2.45. The van der Waals surface area contributed by atoms with E-state index in [1.54, 1.807) is 34.7 Å². The standard InChI is InChI=1S/C33H29FN4O5/c1-3-4-9-35-33(42)23-17-38-25-15-20-21(30(40)19-8-6-5-7-18(19)29(20)39)16-26(25)43-32-27(38)22(31(23)41)14-24(34)28(32)37-12-10-36(2)11-13-37/h5-8,14-17H,3-4,9-13H2,1-2H3,(H,35,42). The van der Waals surface area contributed by atoms with Crippen LogP contribution in [0.3, 0.4) is 0 Å². The highest BCUT2D eigenvalue weighted by molar-refractivity contribution is 6.08. The number of anilines is 1. The molecule has 1 amide bonds. The van der Waals surface area contributed by atoms with Gasteiger partial charge in [-0.15, -0.1) is 0 Å². The summed E-state index contributed by atoms with van der Waals surface area (Å²) in [6, 6.07) is 10.9. The maximum atomic E-state index is 16.0. The first-order valence-electron chi connectivity index (χ1n) is 14.5. The largest absolute Gasteiger partial charge is 0.451 e. The van der Waals surface area contributed by atoms with Crippen LogP contribution in [0.1, 0.15) is 30.1 Å². The first kappa shape index (κ1) is 27.0. The molecule has 4 aromatic carbocycles. The van der Waals surface area contributed by atoms with E-state index >= 15 is 4.39 Å². The Bertz CT molecular complexity index is 2290. The van der Waals surface area contributed by atoms with Gasteiger partial charge < -0.3 is 23.9 Å². The van der Waals surface area contributed by atoms with Gasteiger partial charge in [-0.25, -0.2) is 4.39 Å². The number of nitrogens with one attached hydrogen (secondary N) is 1. The van der Waals surface area contributed by atoms with E-state index < -0.39 is 17.2 Å². The van der Waals surface area contributed by atoms with Gasteiger partial charge in [-0.1, -0.05) is 37.6 Å². The van der Waals surface area contributed by atoms with Crippen molar-refractivity contribution in [2.75, 3.05) is 44.7 Å². The number of hydrogen-bond donors (Lipinski definition) is 1. The van der Waals surface area contributed by atoms with Crippen LogP contribution in [0.15, 0.2) is 67.5 Å². The molecule has 7 rings (SSSR count). The van der Waals surface area contributed by atoms with Crippen LogP contribution in [0.4, 0.5) is 10.1 Å². The highest BCUT2D eigenvalue weighted by Gasteiger charge is 2.27. The van der Waals surface area contributed by atoms with Crippen LogP contribution in [-0.4, -0.2) is 55.0 Å². The summed E-state index contributed by atoms with van der Waals surface area (Å²) in [5, 5.41) is 3.75. The zero-order valence-electron chi connectivity index (χ0n) is 23.8. The van der Waals surface area contributed by atoms with E-state index in [1.807, 2.05) is 18.9 Å². The lowest BCUT2D eigenvalue weighted by Gasteiger charge is -2.34. The molecular formula is C33H29FN4O5. The third-order valence-corrected chi connectivity index (χ3v) is 8.53. The Morgan fingerprint density at radius 2 is 1.58 bits per heavy atom. The molecule has 43 heavy (non-hydrogen) atoms. The Balaban J connectivity index is 1.62. The van der Waals surface area contributed by atoms with Crippen LogP contribution in [0.25, 0.3) is 49.1 Å². The number of aromatic nitrogens is 1. The summed E-state index contributed by atoms with van der Waals surface area (Å²) >= 11 is 0. The number of hydrogen-bond acceptors (Lipinski definition) is 7. The Kier molecular flexibility index (Phi) is 6.39. The first-order chi connectivity index (χ1) is 20.8. The van der Waals surface area contributed by atoms with Crippen LogP contribution in [0.5, 0.6) is 0 Å². The van der Waals surface area contributed by atoms with Crippen LogP contribution >= 0.6 is 0 Å². The van der Waals surface area contributed by atoms with Crippen molar-refractivity contribution in [3.05, 3.63) is 90.7 Å². The van der Waals surface area contributed by atoms with E-state index in [9.17, 15) is 19.2 Å². The van der Waals surface area contributed by atoms with Gasteiger partial charge in [-0.2, -0.15) is 0 Å². The van der Waals surface area contributed by atoms with Crippen LogP contribution < -0.4 is 26.5 Å². The van der Waals surface area contributed by atoms with E-state index in [2.05, 4.69) is 10.2 Å². The van der Waals surface area contributed by atoms with Gasteiger partial charge in [-0.05, 0) is 31.7 Å². The number of likely N-dealkylation sites (N-methyl/N-ethyl adjacent to an activating group) is 1. The highest BCUT2D eigenvalue weighted by Crippen LogP contribution is 2.37. The maximum absolute atomic E-state index is 16.0. The number of amides is 1. The van der Waals surface area contributed by atoms with Crippen molar-refractivity contribution in [3.8, 4) is 0 Å². The molecule has 0 bridgehead atoms. The minimum Gasteiger partial charge on any atom is -0.451 e. The third-order valence-electron chi connectivity index (χ3n) is 8.53. The number of fused-ring (bicyclic) bond motifs is 4. The van der Waals surface area contributed by atoms with E-state index in [0.717, 1.165) is 12.8 Å². The summed E-state index contributed by atoms with van der Waals surface area (Å²) in [6.07, 6.45) is 3.02. The average Bonchev–Trinajstić information content (AvgIpc) is 3.01. The fourth-order valence-electron chi connectivity index (χ4n) is 6.16. The molecule has 0 saturated carbocycles. The number of carbonyl (C=O) groups excluding carboxylic acids is 1. The predicted molar refractivity (Wildman–Crippen MR) is 167 cm³/mol. The molecule has 0 radical (unpaired) electrons. The lowest BCUT2D eigenvalue weighted by atomic mass is 10.0. The van der Waals surface area contributed by atoms with Gasteiger partial charge in [0.1, 0.15) is 16.8 Å². The number of benzene rings is 4. The molecule has 1 aliphatic rings. The number of unbranched alkanes of at least 4 members (excludes halogenated alkanes) is 1. The van der Waals surface area contributed by atoms with Crippen molar-refractivity contribution in [1.82, 2.24) is 14.6 Å². The quantitative estimate of drug-likeness (QED) is 0.186. The van der Waals surface area contributed by atoms with Gasteiger partial charge in [0.25, 0.3) is 5.91 Å². The maximum Gasteiger partial charge on any atom is 0.256 e. The minimum absolute atomic E-state index is 0.00959. The molecular weight excluding hydrogens is 551 g/mol. The molecule has 1 fully saturated rings. The molecule has 2 aromatic heterocycles. The zero-order valence-corrected chi connectivity index (χ0v) is 23.8. The van der Waals surface area contributed by atoms with Crippen LogP contribution in [0.2, 0.25) is 0 Å². The first-order valence-corrected chi connectivity index (χ1v) is 14.5. The second kappa shape index (κ2) is 10.2. The fourth-order valence-corrected chi connectivity index (χ4v) is 6.16. The van der Waals surface area contributed by atoms with Crippen LogP contribution in [-0.2, 0) is 0 Å². The topological polar surface area (TPSA) is 104 Å². The van der Waals surface area contributed by atoms with Crippen molar-refractivity contribution in [2.45, 2.75) is 19.8 Å². The Morgan fingerprint density at radius 1 is 0.907 bits per heavy atom. The molecule has 9 nitrogen and oxygen atoms in total. The SMILES string of the molecule is CCCCNC(=O)c1cn2c3cc4c(=O)c5ccccc5c(=O)c4cc3oc3c(N4CCN(C)CC4)c(F)cc(c1=O)c32. The van der Waals surface area contributed by atoms with Crippen molar-refractivity contribution < 1.29 is 13.6 Å². The number of halogens is 1. The van der Waals surface area contributed by atoms with Gasteiger partial charge in [0.05, 0.1) is 10.9 Å². The molecule has 1 saturated heterocycles. The Labute approximate surface area is 244 Å². The summed E-state index contributed by atoms with van der Waals surface area (Å²) < 4.78 is 24.0. The lowest BCUT2D eigenvalue weighted by molar-refractivity contribution is 0.0952. The second-order valence-corrected chi connectivity index (χ2v) is 11.2. The van der Waals surface area contributed by atoms with E-state index in [1.165, 1.54) is 18.3 Å². The normalized spacial score (nSPS) is 14.5. The van der Waals surface area contributed by atoms with Crippen molar-refractivity contribution in [3.63, 3.8) is 0 Å². The van der Waals surface area contributed by atoms with Gasteiger partial charge in [0.15, 0.2) is 27.8 Å². The van der Waals surface area contributed by atoms with Gasteiger partial charge >= 0.3 is 0 Å². The molecule has 0 unspecified atom stereocenters. The van der Waals surface area contributed by atoms with E-state index in [4.69, 9.17) is 4.42 Å². The Hall–Kier alpha value is -4.83. The minimum atomic E-state index is -0.638. The predicted octanol–water partition coefficient (Wildman–Crippen LogP) is 4.08. The summed E-state index contributed by atoms with van der Waals surface area (Å²) in [7, 11) is 2.00. The molecule has 0 spiro atoms. The van der Waals surface area contributed by atoms with Gasteiger partial charge in [0, 0.05) is 60.5 Å². The Morgan fingerprint density at radius 3 is 2.26 bits per heavy atom. The number of rotatable bonds is 5. The van der Waals surface area contributed by atoms with Crippen molar-refractivity contribution >= 4 is 60.7 Å². The third kappa shape index (κ3) is 4.16. The summed E-state index contributed by atoms with van der Waals surface area (Å²) in [4.78, 5) is 58.0. The number of carbonyl (C=O) groups is 1. The summed E-state index contributed by atoms with van der Waals surface area (Å²) in [5.74, 6) is -1.21. The van der Waals surface area contributed by atoms with Crippen molar-refractivity contribution in [2.24, 2.45) is 0 Å². The molecule has 6 aromatic rings. The second-order valence-electron chi connectivity index (χ2n) is 11.2. The molecule has 1 aliphatic heterocycles. The monoisotopic (exact) mass is 580 g/mol. The molecule has 3 heterocycles. The van der Waals surface area contributed by atoms with Crippen molar-refractivity contribution in [1.29, 1.82) is 0 Å². The summed E-state index contributed by atoms with van der Waals surface area (Å²) in [5.41, 5.74) is -0.164. The fraction of sp³-hybridized carbons (Fsp3) is 0.273. The van der Waals surface area contributed by atoms with Gasteiger partial charge in [0.2, 0.25) is 5.43 Å². The summed E-state index contributed by atoms with van der Waals surface area (Å²) in [6.45, 7) is 4.88. The molecule has 0 atom stereocenters. The van der Waals surface area contributed by atoms with Gasteiger partial charge in [-0.3, -0.25) is 19.2 Å². The zero-order chi connectivity index (χ0) is 30.0. The smallest absolute Gasteiger partial charge is 0.256 e. The average molecular weight is 581 g/mol. The van der Waals surface area contributed by atoms with E-state index in [-0.39, 0.29) is 49.4 Å². The molecule has 218 valence electrons. The van der Waals surface area contributed by atoms with E-state index in [0.29, 0.717) is 54.5 Å². The molecule has 1 N–H and O–H groups in total. The number of piperazine rings is 1. The number of nitrogens with zero attached hydrogens (tertiary/aromatic N) is 3. The van der Waals surface area contributed by atoms with Crippen LogP contribution in [0, 0.1) is 5.82 Å². The molecule has 10 heteroatoms. The highest BCUT2D eigenvalue weighted by atomic mass is 19.1. The number of pyridine rings is 1.